The van der Waals surface area contributed by atoms with Gasteiger partial charge in [-0.3, -0.25) is 24.7 Å². The molecule has 0 bridgehead atoms. The van der Waals surface area contributed by atoms with Crippen LogP contribution in [0.25, 0.3) is 0 Å². The molecule has 0 atom stereocenters. The zero-order chi connectivity index (χ0) is 27.1. The van der Waals surface area contributed by atoms with Crippen LogP contribution in [0.1, 0.15) is 73.4 Å². The Morgan fingerprint density at radius 1 is 1.22 bits per heavy atom. The van der Waals surface area contributed by atoms with Crippen LogP contribution in [-0.2, 0) is 24.5 Å². The van der Waals surface area contributed by atoms with Crippen LogP contribution < -0.4 is 5.32 Å². The third-order valence-corrected chi connectivity index (χ3v) is 5.74. The highest BCUT2D eigenvalue weighted by atomic mass is 19.1. The molecule has 0 aliphatic carbocycles. The molecular formula is C27H34FN5O4. The van der Waals surface area contributed by atoms with Crippen molar-refractivity contribution in [1.82, 2.24) is 19.9 Å². The molecule has 198 valence electrons. The Hall–Kier alpha value is -3.63. The van der Waals surface area contributed by atoms with Gasteiger partial charge in [0.05, 0.1) is 29.2 Å². The van der Waals surface area contributed by atoms with E-state index < -0.39 is 10.7 Å². The van der Waals surface area contributed by atoms with Crippen LogP contribution in [-0.4, -0.2) is 38.1 Å². The minimum atomic E-state index is -0.726. The molecule has 37 heavy (non-hydrogen) atoms. The number of carbonyl (C=O) groups is 1. The highest BCUT2D eigenvalue weighted by molar-refractivity contribution is 5.96. The molecule has 10 heteroatoms. The van der Waals surface area contributed by atoms with E-state index in [1.807, 2.05) is 57.9 Å². The number of carbonyl (C=O) groups excluding carboxylic acids is 1. The summed E-state index contributed by atoms with van der Waals surface area (Å²) in [5, 5.41) is 15.8. The van der Waals surface area contributed by atoms with Gasteiger partial charge in [0.25, 0.3) is 11.6 Å². The van der Waals surface area contributed by atoms with Gasteiger partial charge in [0.1, 0.15) is 5.82 Å². The number of aromatic nitrogens is 2. The molecule has 2 aromatic heterocycles. The van der Waals surface area contributed by atoms with Gasteiger partial charge in [-0.15, -0.1) is 0 Å². The van der Waals surface area contributed by atoms with Crippen molar-refractivity contribution in [2.24, 2.45) is 0 Å². The third kappa shape index (κ3) is 7.43. The predicted octanol–water partition coefficient (Wildman–Crippen LogP) is 5.19. The van der Waals surface area contributed by atoms with E-state index in [9.17, 15) is 19.3 Å². The third-order valence-electron chi connectivity index (χ3n) is 5.74. The van der Waals surface area contributed by atoms with Gasteiger partial charge in [-0.2, -0.15) is 5.06 Å². The van der Waals surface area contributed by atoms with Crippen molar-refractivity contribution >= 4 is 11.6 Å². The number of hydroxylamine groups is 2. The minimum absolute atomic E-state index is 0.00403. The molecule has 3 rings (SSSR count). The summed E-state index contributed by atoms with van der Waals surface area (Å²) in [5.74, 6) is -1.05. The molecule has 1 amide bonds. The van der Waals surface area contributed by atoms with Crippen LogP contribution in [0.2, 0.25) is 0 Å². The van der Waals surface area contributed by atoms with Crippen molar-refractivity contribution in [2.75, 3.05) is 6.54 Å². The van der Waals surface area contributed by atoms with Gasteiger partial charge in [0, 0.05) is 49.5 Å². The van der Waals surface area contributed by atoms with Crippen molar-refractivity contribution in [1.29, 1.82) is 0 Å². The first-order valence-electron chi connectivity index (χ1n) is 12.3. The lowest BCUT2D eigenvalue weighted by atomic mass is 10.0. The number of halogens is 1. The fraction of sp³-hybridized carbons (Fsp3) is 0.407. The highest BCUT2D eigenvalue weighted by Gasteiger charge is 2.24. The SMILES string of the molecule is CCN(Cc1cc(C(=O)NCc2cc(F)cc([N+](=O)[O-])c2)c(C(C)C)n1Cc1cccnc1)OC(C)C. The lowest BCUT2D eigenvalue weighted by Crippen LogP contribution is -2.28. The molecule has 0 fully saturated rings. The molecular weight excluding hydrogens is 477 g/mol. The lowest BCUT2D eigenvalue weighted by Gasteiger charge is -2.24. The number of hydrogen-bond acceptors (Lipinski definition) is 6. The van der Waals surface area contributed by atoms with E-state index in [2.05, 4.69) is 14.9 Å². The van der Waals surface area contributed by atoms with E-state index in [0.29, 0.717) is 30.8 Å². The standard InChI is InChI=1S/C27H34FN5O4/c1-6-31(37-19(4)5)17-24-13-25(26(18(2)3)32(24)16-20-8-7-9-29-14-20)27(34)30-15-21-10-22(28)12-23(11-21)33(35)36/h7-14,18-19H,6,15-17H2,1-5H3,(H,30,34). The van der Waals surface area contributed by atoms with Crippen molar-refractivity contribution in [3.05, 3.63) is 92.8 Å². The van der Waals surface area contributed by atoms with E-state index in [1.54, 1.807) is 12.4 Å². The monoisotopic (exact) mass is 511 g/mol. The quantitative estimate of drug-likeness (QED) is 0.265. The Balaban J connectivity index is 1.96. The lowest BCUT2D eigenvalue weighted by molar-refractivity contribution is -0.385. The van der Waals surface area contributed by atoms with Crippen LogP contribution in [0.4, 0.5) is 10.1 Å². The number of nitrogens with one attached hydrogen (secondary N) is 1. The van der Waals surface area contributed by atoms with Gasteiger partial charge < -0.3 is 9.88 Å². The van der Waals surface area contributed by atoms with Crippen LogP contribution in [0, 0.1) is 15.9 Å². The van der Waals surface area contributed by atoms with Crippen LogP contribution in [0.15, 0.2) is 48.8 Å². The highest BCUT2D eigenvalue weighted by Crippen LogP contribution is 2.27. The van der Waals surface area contributed by atoms with Gasteiger partial charge in [-0.05, 0) is 49.1 Å². The van der Waals surface area contributed by atoms with Crippen molar-refractivity contribution in [2.45, 2.75) is 66.3 Å². The topological polar surface area (TPSA) is 103 Å². The molecule has 0 radical (unpaired) electrons. The fourth-order valence-electron chi connectivity index (χ4n) is 4.24. The first-order chi connectivity index (χ1) is 17.6. The zero-order valence-corrected chi connectivity index (χ0v) is 21.9. The van der Waals surface area contributed by atoms with E-state index in [-0.39, 0.29) is 30.2 Å². The fourth-order valence-corrected chi connectivity index (χ4v) is 4.24. The molecule has 0 aliphatic heterocycles. The Kier molecular flexibility index (Phi) is 9.48. The molecule has 3 aromatic rings. The molecule has 1 N–H and O–H groups in total. The number of rotatable bonds is 12. The van der Waals surface area contributed by atoms with Crippen LogP contribution in [0.5, 0.6) is 0 Å². The van der Waals surface area contributed by atoms with Gasteiger partial charge in [-0.1, -0.05) is 26.8 Å². The largest absolute Gasteiger partial charge is 0.348 e. The summed E-state index contributed by atoms with van der Waals surface area (Å²) in [6.07, 6.45) is 3.52. The Labute approximate surface area is 216 Å². The Bertz CT molecular complexity index is 1230. The van der Waals surface area contributed by atoms with E-state index in [4.69, 9.17) is 4.84 Å². The number of pyridine rings is 1. The first-order valence-corrected chi connectivity index (χ1v) is 12.3. The number of hydrogen-bond donors (Lipinski definition) is 1. The number of nitro groups is 1. The molecule has 2 heterocycles. The number of amides is 1. The second-order valence-corrected chi connectivity index (χ2v) is 9.40. The molecule has 0 saturated heterocycles. The average molecular weight is 512 g/mol. The molecule has 0 saturated carbocycles. The summed E-state index contributed by atoms with van der Waals surface area (Å²) in [7, 11) is 0. The second-order valence-electron chi connectivity index (χ2n) is 9.40. The molecule has 0 unspecified atom stereocenters. The second kappa shape index (κ2) is 12.6. The van der Waals surface area contributed by atoms with Gasteiger partial charge >= 0.3 is 0 Å². The van der Waals surface area contributed by atoms with E-state index >= 15 is 0 Å². The smallest absolute Gasteiger partial charge is 0.272 e. The van der Waals surface area contributed by atoms with Crippen molar-refractivity contribution in [3.63, 3.8) is 0 Å². The van der Waals surface area contributed by atoms with E-state index in [1.165, 1.54) is 12.1 Å². The predicted molar refractivity (Wildman–Crippen MR) is 138 cm³/mol. The van der Waals surface area contributed by atoms with Crippen LogP contribution in [0.3, 0.4) is 0 Å². The van der Waals surface area contributed by atoms with Crippen molar-refractivity contribution in [3.8, 4) is 0 Å². The average Bonchev–Trinajstić information content (AvgIpc) is 3.20. The summed E-state index contributed by atoms with van der Waals surface area (Å²) < 4.78 is 16.0. The summed E-state index contributed by atoms with van der Waals surface area (Å²) in [6.45, 7) is 11.6. The molecule has 0 aliphatic rings. The maximum absolute atomic E-state index is 13.9. The van der Waals surface area contributed by atoms with E-state index in [0.717, 1.165) is 23.0 Å². The maximum atomic E-state index is 13.9. The summed E-state index contributed by atoms with van der Waals surface area (Å²) in [4.78, 5) is 34.0. The number of non-ortho nitro benzene ring substituents is 1. The Morgan fingerprint density at radius 3 is 2.57 bits per heavy atom. The summed E-state index contributed by atoms with van der Waals surface area (Å²) >= 11 is 0. The molecule has 9 nitrogen and oxygen atoms in total. The van der Waals surface area contributed by atoms with Gasteiger partial charge in [0.15, 0.2) is 0 Å². The molecule has 1 aromatic carbocycles. The number of nitro benzene ring substituents is 1. The minimum Gasteiger partial charge on any atom is -0.348 e. The van der Waals surface area contributed by atoms with Crippen molar-refractivity contribution < 1.29 is 18.9 Å². The van der Waals surface area contributed by atoms with Gasteiger partial charge in [0.2, 0.25) is 0 Å². The Morgan fingerprint density at radius 2 is 1.97 bits per heavy atom. The summed E-state index contributed by atoms with van der Waals surface area (Å²) in [5.41, 5.74) is 3.20. The van der Waals surface area contributed by atoms with Crippen LogP contribution >= 0.6 is 0 Å². The molecule has 0 spiro atoms. The first kappa shape index (κ1) is 27.9. The number of nitrogens with zero attached hydrogens (tertiary/aromatic N) is 4. The van der Waals surface area contributed by atoms with Gasteiger partial charge in [-0.25, -0.2) is 4.39 Å². The maximum Gasteiger partial charge on any atom is 0.272 e. The summed E-state index contributed by atoms with van der Waals surface area (Å²) in [6, 6.07) is 9.01. The zero-order valence-electron chi connectivity index (χ0n) is 21.9. The normalized spacial score (nSPS) is 11.5. The number of benzene rings is 1.